The van der Waals surface area contributed by atoms with Crippen LogP contribution in [0.5, 0.6) is 0 Å². The number of rotatable bonds is 7. The van der Waals surface area contributed by atoms with Crippen LogP contribution in [0.1, 0.15) is 46.5 Å². The smallest absolute Gasteiger partial charge is 0.236 e. The van der Waals surface area contributed by atoms with Gasteiger partial charge in [0, 0.05) is 13.1 Å². The van der Waals surface area contributed by atoms with Gasteiger partial charge in [0.25, 0.3) is 0 Å². The van der Waals surface area contributed by atoms with E-state index in [1.807, 2.05) is 6.92 Å². The van der Waals surface area contributed by atoms with E-state index in [2.05, 4.69) is 24.5 Å². The predicted octanol–water partition coefficient (Wildman–Crippen LogP) is 1.68. The second-order valence-corrected chi connectivity index (χ2v) is 3.78. The summed E-state index contributed by atoms with van der Waals surface area (Å²) in [5.41, 5.74) is 0. The minimum Gasteiger partial charge on any atom is -0.358 e. The fraction of sp³-hybridized carbons (Fsp3) is 0.909. The zero-order valence-electron chi connectivity index (χ0n) is 9.89. The zero-order valence-corrected chi connectivity index (χ0v) is 9.89. The van der Waals surface area contributed by atoms with Gasteiger partial charge in [-0.1, -0.05) is 26.7 Å². The molecule has 0 aliphatic carbocycles. The SMILES string of the molecule is CCCC(CCC)NC(C)C(=O)NC. The quantitative estimate of drug-likeness (QED) is 0.656. The molecule has 0 aliphatic rings. The molecule has 0 radical (unpaired) electrons. The highest BCUT2D eigenvalue weighted by Gasteiger charge is 2.15. The largest absolute Gasteiger partial charge is 0.358 e. The van der Waals surface area contributed by atoms with E-state index >= 15 is 0 Å². The summed E-state index contributed by atoms with van der Waals surface area (Å²) in [6.45, 7) is 6.26. The molecule has 0 saturated heterocycles. The van der Waals surface area contributed by atoms with Crippen LogP contribution in [0.4, 0.5) is 0 Å². The molecular formula is C11H24N2O. The lowest BCUT2D eigenvalue weighted by Gasteiger charge is -2.21. The third-order valence-electron chi connectivity index (χ3n) is 2.40. The van der Waals surface area contributed by atoms with Crippen LogP contribution < -0.4 is 10.6 Å². The van der Waals surface area contributed by atoms with Gasteiger partial charge in [0.15, 0.2) is 0 Å². The van der Waals surface area contributed by atoms with Crippen molar-refractivity contribution < 1.29 is 4.79 Å². The van der Waals surface area contributed by atoms with Crippen LogP contribution in [0.2, 0.25) is 0 Å². The number of hydrogen-bond acceptors (Lipinski definition) is 2. The first kappa shape index (κ1) is 13.4. The highest BCUT2D eigenvalue weighted by molar-refractivity contribution is 5.80. The second-order valence-electron chi connectivity index (χ2n) is 3.78. The van der Waals surface area contributed by atoms with Crippen LogP contribution in [0, 0.1) is 0 Å². The van der Waals surface area contributed by atoms with E-state index in [1.165, 1.54) is 0 Å². The number of hydrogen-bond donors (Lipinski definition) is 2. The zero-order chi connectivity index (χ0) is 11.0. The maximum atomic E-state index is 11.3. The summed E-state index contributed by atoms with van der Waals surface area (Å²) in [6.07, 6.45) is 4.63. The van der Waals surface area contributed by atoms with Crippen LogP contribution in [-0.4, -0.2) is 25.0 Å². The van der Waals surface area contributed by atoms with Gasteiger partial charge in [0.1, 0.15) is 0 Å². The second kappa shape index (κ2) is 7.80. The molecule has 1 amide bonds. The number of nitrogens with one attached hydrogen (secondary N) is 2. The Balaban J connectivity index is 3.94. The number of carbonyl (C=O) groups is 1. The first-order valence-corrected chi connectivity index (χ1v) is 5.63. The van der Waals surface area contributed by atoms with E-state index in [0.717, 1.165) is 25.7 Å². The fourth-order valence-electron chi connectivity index (χ4n) is 1.65. The lowest BCUT2D eigenvalue weighted by Crippen LogP contribution is -2.45. The molecule has 0 bridgehead atoms. The Bertz CT molecular complexity index is 153. The van der Waals surface area contributed by atoms with Crippen LogP contribution in [0.15, 0.2) is 0 Å². The van der Waals surface area contributed by atoms with Crippen LogP contribution in [0.3, 0.4) is 0 Å². The van der Waals surface area contributed by atoms with Gasteiger partial charge in [0.05, 0.1) is 6.04 Å². The Kier molecular flexibility index (Phi) is 7.48. The van der Waals surface area contributed by atoms with Gasteiger partial charge < -0.3 is 10.6 Å². The third kappa shape index (κ3) is 5.22. The van der Waals surface area contributed by atoms with Crippen molar-refractivity contribution in [3.63, 3.8) is 0 Å². The van der Waals surface area contributed by atoms with E-state index in [4.69, 9.17) is 0 Å². The normalized spacial score (nSPS) is 12.9. The minimum atomic E-state index is -0.0805. The molecular weight excluding hydrogens is 176 g/mol. The summed E-state index contributed by atoms with van der Waals surface area (Å²) in [4.78, 5) is 11.3. The van der Waals surface area contributed by atoms with E-state index in [1.54, 1.807) is 7.05 Å². The van der Waals surface area contributed by atoms with Crippen molar-refractivity contribution in [3.8, 4) is 0 Å². The van der Waals surface area contributed by atoms with Gasteiger partial charge in [-0.2, -0.15) is 0 Å². The fourth-order valence-corrected chi connectivity index (χ4v) is 1.65. The van der Waals surface area contributed by atoms with Crippen molar-refractivity contribution in [1.29, 1.82) is 0 Å². The van der Waals surface area contributed by atoms with Crippen molar-refractivity contribution in [2.45, 2.75) is 58.5 Å². The molecule has 0 aromatic rings. The van der Waals surface area contributed by atoms with Crippen LogP contribution in [0.25, 0.3) is 0 Å². The summed E-state index contributed by atoms with van der Waals surface area (Å²) >= 11 is 0. The average molecular weight is 200 g/mol. The van der Waals surface area contributed by atoms with Crippen molar-refractivity contribution in [2.24, 2.45) is 0 Å². The van der Waals surface area contributed by atoms with Gasteiger partial charge in [-0.15, -0.1) is 0 Å². The lowest BCUT2D eigenvalue weighted by molar-refractivity contribution is -0.122. The Hall–Kier alpha value is -0.570. The molecule has 0 spiro atoms. The Labute approximate surface area is 87.6 Å². The summed E-state index contributed by atoms with van der Waals surface area (Å²) in [5, 5.41) is 6.01. The van der Waals surface area contributed by atoms with E-state index in [0.29, 0.717) is 6.04 Å². The summed E-state index contributed by atoms with van der Waals surface area (Å²) < 4.78 is 0. The van der Waals surface area contributed by atoms with Gasteiger partial charge in [0.2, 0.25) is 5.91 Å². The molecule has 0 heterocycles. The molecule has 3 nitrogen and oxygen atoms in total. The molecule has 14 heavy (non-hydrogen) atoms. The molecule has 3 heteroatoms. The molecule has 84 valence electrons. The minimum absolute atomic E-state index is 0.0715. The molecule has 0 fully saturated rings. The number of carbonyl (C=O) groups excluding carboxylic acids is 1. The van der Waals surface area contributed by atoms with Crippen molar-refractivity contribution in [2.75, 3.05) is 7.05 Å². The predicted molar refractivity (Wildman–Crippen MR) is 60.3 cm³/mol. The van der Waals surface area contributed by atoms with E-state index in [9.17, 15) is 4.79 Å². The Morgan fingerprint density at radius 2 is 1.71 bits per heavy atom. The highest BCUT2D eigenvalue weighted by atomic mass is 16.2. The van der Waals surface area contributed by atoms with Crippen LogP contribution in [-0.2, 0) is 4.79 Å². The Morgan fingerprint density at radius 3 is 2.07 bits per heavy atom. The summed E-state index contributed by atoms with van der Waals surface area (Å²) in [7, 11) is 1.68. The van der Waals surface area contributed by atoms with E-state index in [-0.39, 0.29) is 11.9 Å². The standard InChI is InChI=1S/C11H24N2O/c1-5-7-10(8-6-2)13-9(3)11(14)12-4/h9-10,13H,5-8H2,1-4H3,(H,12,14). The molecule has 1 unspecified atom stereocenters. The number of amides is 1. The van der Waals surface area contributed by atoms with Gasteiger partial charge in [-0.3, -0.25) is 4.79 Å². The van der Waals surface area contributed by atoms with Crippen molar-refractivity contribution in [3.05, 3.63) is 0 Å². The topological polar surface area (TPSA) is 41.1 Å². The summed E-state index contributed by atoms with van der Waals surface area (Å²) in [6, 6.07) is 0.403. The average Bonchev–Trinajstić information content (AvgIpc) is 2.17. The lowest BCUT2D eigenvalue weighted by atomic mass is 10.1. The first-order valence-electron chi connectivity index (χ1n) is 5.63. The van der Waals surface area contributed by atoms with Crippen molar-refractivity contribution >= 4 is 5.91 Å². The third-order valence-corrected chi connectivity index (χ3v) is 2.40. The maximum Gasteiger partial charge on any atom is 0.236 e. The molecule has 0 rings (SSSR count). The molecule has 0 aliphatic heterocycles. The maximum absolute atomic E-state index is 11.3. The highest BCUT2D eigenvalue weighted by Crippen LogP contribution is 2.05. The Morgan fingerprint density at radius 1 is 1.21 bits per heavy atom. The molecule has 2 N–H and O–H groups in total. The molecule has 0 aromatic heterocycles. The molecule has 1 atom stereocenters. The van der Waals surface area contributed by atoms with Gasteiger partial charge in [-0.25, -0.2) is 0 Å². The van der Waals surface area contributed by atoms with Crippen molar-refractivity contribution in [1.82, 2.24) is 10.6 Å². The molecule has 0 aromatic carbocycles. The van der Waals surface area contributed by atoms with E-state index < -0.39 is 0 Å². The first-order chi connectivity index (χ1) is 6.65. The number of likely N-dealkylation sites (N-methyl/N-ethyl adjacent to an activating group) is 1. The summed E-state index contributed by atoms with van der Waals surface area (Å²) in [5.74, 6) is 0.0715. The monoisotopic (exact) mass is 200 g/mol. The van der Waals surface area contributed by atoms with Gasteiger partial charge >= 0.3 is 0 Å². The van der Waals surface area contributed by atoms with Gasteiger partial charge in [-0.05, 0) is 19.8 Å². The van der Waals surface area contributed by atoms with Crippen LogP contribution >= 0.6 is 0 Å². The molecule has 0 saturated carbocycles.